The minimum absolute atomic E-state index is 0.328. The lowest BCUT2D eigenvalue weighted by Crippen LogP contribution is -2.77. The van der Waals surface area contributed by atoms with Crippen LogP contribution in [0.1, 0.15) is 110 Å². The summed E-state index contributed by atoms with van der Waals surface area (Å²) in [5.74, 6) is 0.328. The van der Waals surface area contributed by atoms with Gasteiger partial charge in [0, 0.05) is 19.3 Å². The van der Waals surface area contributed by atoms with Gasteiger partial charge in [-0.15, -0.1) is 0 Å². The number of Topliss-reactive ketones (excluding diaryl/α,β-unsaturated/α-hetero) is 1. The van der Waals surface area contributed by atoms with E-state index >= 15 is 0 Å². The number of hydrogen-bond acceptors (Lipinski definition) is 2. The SMILES string of the molecule is CCCCCCCC/C=C\CCCCCCCC(=O)CCC[NH2+][O-]. The molecular weight excluding hydrogens is 298 g/mol. The first kappa shape index (κ1) is 23.3. The second-order valence-electron chi connectivity index (χ2n) is 6.93. The average Bonchev–Trinajstić information content (AvgIpc) is 2.58. The fourth-order valence-electron chi connectivity index (χ4n) is 2.90. The van der Waals surface area contributed by atoms with E-state index in [1.807, 2.05) is 0 Å². The van der Waals surface area contributed by atoms with Crippen molar-refractivity contribution in [1.82, 2.24) is 0 Å². The second kappa shape index (κ2) is 20.4. The standard InChI is InChI=1S/C21H41NO2/c1-2-3-4-5-6-7-8-9-10-11-12-13-14-15-16-18-21(23)19-17-20-22-24/h9-10H,2-8,11-20,22H2,1H3/b10-9-. The van der Waals surface area contributed by atoms with Crippen molar-refractivity contribution in [1.29, 1.82) is 0 Å². The molecule has 2 N–H and O–H groups in total. The monoisotopic (exact) mass is 339 g/mol. The van der Waals surface area contributed by atoms with E-state index in [2.05, 4.69) is 19.1 Å². The maximum atomic E-state index is 11.5. The van der Waals surface area contributed by atoms with Crippen molar-refractivity contribution in [3.8, 4) is 0 Å². The summed E-state index contributed by atoms with van der Waals surface area (Å²) in [6.45, 7) is 2.79. The first-order valence-electron chi connectivity index (χ1n) is 10.4. The van der Waals surface area contributed by atoms with Crippen LogP contribution in [0.25, 0.3) is 0 Å². The molecule has 0 aliphatic rings. The number of quaternary nitrogens is 1. The molecule has 0 rings (SSSR count). The summed E-state index contributed by atoms with van der Waals surface area (Å²) in [6.07, 6.45) is 23.4. The van der Waals surface area contributed by atoms with Crippen LogP contribution in [0.15, 0.2) is 12.2 Å². The smallest absolute Gasteiger partial charge is 0.133 e. The van der Waals surface area contributed by atoms with E-state index in [-0.39, 0.29) is 0 Å². The van der Waals surface area contributed by atoms with E-state index < -0.39 is 0 Å². The third-order valence-corrected chi connectivity index (χ3v) is 4.50. The summed E-state index contributed by atoms with van der Waals surface area (Å²) in [5.41, 5.74) is 0.898. The zero-order valence-corrected chi connectivity index (χ0v) is 16.1. The highest BCUT2D eigenvalue weighted by atomic mass is 16.5. The maximum Gasteiger partial charge on any atom is 0.133 e. The number of rotatable bonds is 19. The lowest BCUT2D eigenvalue weighted by atomic mass is 10.1. The zero-order valence-electron chi connectivity index (χ0n) is 16.1. The molecule has 24 heavy (non-hydrogen) atoms. The van der Waals surface area contributed by atoms with Gasteiger partial charge >= 0.3 is 0 Å². The molecule has 0 fully saturated rings. The summed E-state index contributed by atoms with van der Waals surface area (Å²) in [4.78, 5) is 11.5. The van der Waals surface area contributed by atoms with Crippen LogP contribution in [-0.2, 0) is 4.79 Å². The van der Waals surface area contributed by atoms with E-state index in [1.165, 1.54) is 77.0 Å². The van der Waals surface area contributed by atoms with Gasteiger partial charge in [0.25, 0.3) is 0 Å². The number of unbranched alkanes of at least 4 members (excludes halogenated alkanes) is 11. The molecule has 3 heteroatoms. The second-order valence-corrected chi connectivity index (χ2v) is 6.93. The number of nitrogens with two attached hydrogens (primary N) is 1. The molecule has 0 aromatic carbocycles. The Morgan fingerprint density at radius 3 is 1.83 bits per heavy atom. The van der Waals surface area contributed by atoms with Crippen molar-refractivity contribution in [3.63, 3.8) is 0 Å². The summed E-state index contributed by atoms with van der Waals surface area (Å²) < 4.78 is 0. The van der Waals surface area contributed by atoms with E-state index in [4.69, 9.17) is 0 Å². The Morgan fingerprint density at radius 1 is 0.750 bits per heavy atom. The van der Waals surface area contributed by atoms with Crippen molar-refractivity contribution in [3.05, 3.63) is 17.4 Å². The Labute approximate surface area is 150 Å². The largest absolute Gasteiger partial charge is 0.636 e. The van der Waals surface area contributed by atoms with Gasteiger partial charge in [-0.1, -0.05) is 70.4 Å². The Kier molecular flexibility index (Phi) is 19.8. The summed E-state index contributed by atoms with van der Waals surface area (Å²) in [6, 6.07) is 0. The Balaban J connectivity index is 3.16. The summed E-state index contributed by atoms with van der Waals surface area (Å²) >= 11 is 0. The number of hydrogen-bond donors (Lipinski definition) is 1. The third-order valence-electron chi connectivity index (χ3n) is 4.50. The molecule has 0 aromatic rings. The molecule has 3 nitrogen and oxygen atoms in total. The molecule has 0 saturated carbocycles. The molecule has 0 unspecified atom stereocenters. The summed E-state index contributed by atoms with van der Waals surface area (Å²) in [5, 5.41) is 10.2. The molecule has 0 bridgehead atoms. The molecule has 142 valence electrons. The van der Waals surface area contributed by atoms with Crippen LogP contribution in [0, 0.1) is 5.21 Å². The predicted molar refractivity (Wildman–Crippen MR) is 104 cm³/mol. The first-order valence-corrected chi connectivity index (χ1v) is 10.4. The highest BCUT2D eigenvalue weighted by molar-refractivity contribution is 5.78. The summed E-state index contributed by atoms with van der Waals surface area (Å²) in [7, 11) is 0. The predicted octanol–water partition coefficient (Wildman–Crippen LogP) is 5.43. The molecule has 0 amide bonds. The van der Waals surface area contributed by atoms with Gasteiger partial charge in [-0.25, -0.2) is 0 Å². The van der Waals surface area contributed by atoms with Gasteiger partial charge in [0.2, 0.25) is 0 Å². The molecule has 0 aliphatic carbocycles. The highest BCUT2D eigenvalue weighted by Crippen LogP contribution is 2.10. The van der Waals surface area contributed by atoms with Crippen molar-refractivity contribution < 1.29 is 10.3 Å². The first-order chi connectivity index (χ1) is 11.8. The lowest BCUT2D eigenvalue weighted by molar-refractivity contribution is -0.588. The molecule has 0 spiro atoms. The number of carbonyl (C=O) groups excluding carboxylic acids is 1. The van der Waals surface area contributed by atoms with Gasteiger partial charge in [0.05, 0.1) is 6.54 Å². The average molecular weight is 340 g/mol. The van der Waals surface area contributed by atoms with Gasteiger partial charge in [-0.05, 0) is 32.1 Å². The van der Waals surface area contributed by atoms with Crippen molar-refractivity contribution >= 4 is 5.78 Å². The van der Waals surface area contributed by atoms with Crippen LogP contribution >= 0.6 is 0 Å². The fourth-order valence-corrected chi connectivity index (χ4v) is 2.90. The van der Waals surface area contributed by atoms with Crippen LogP contribution in [0.4, 0.5) is 0 Å². The van der Waals surface area contributed by atoms with Gasteiger partial charge < -0.3 is 10.7 Å². The Bertz CT molecular complexity index is 290. The Morgan fingerprint density at radius 2 is 1.25 bits per heavy atom. The van der Waals surface area contributed by atoms with Crippen molar-refractivity contribution in [2.75, 3.05) is 6.54 Å². The van der Waals surface area contributed by atoms with Gasteiger partial charge in [0.15, 0.2) is 0 Å². The van der Waals surface area contributed by atoms with Crippen LogP contribution in [-0.4, -0.2) is 12.3 Å². The number of ketones is 1. The minimum Gasteiger partial charge on any atom is -0.636 e. The molecule has 0 radical (unpaired) electrons. The third kappa shape index (κ3) is 19.4. The maximum absolute atomic E-state index is 11.5. The van der Waals surface area contributed by atoms with Crippen molar-refractivity contribution in [2.45, 2.75) is 110 Å². The van der Waals surface area contributed by atoms with E-state index in [1.54, 1.807) is 0 Å². The van der Waals surface area contributed by atoms with Crippen LogP contribution in [0.5, 0.6) is 0 Å². The molecule has 0 atom stereocenters. The molecule has 0 heterocycles. The molecule has 0 saturated heterocycles. The topological polar surface area (TPSA) is 56.7 Å². The van der Waals surface area contributed by atoms with Gasteiger partial charge in [-0.3, -0.25) is 4.79 Å². The molecule has 0 aliphatic heterocycles. The molecular formula is C21H41NO2. The lowest BCUT2D eigenvalue weighted by Gasteiger charge is -2.02. The van der Waals surface area contributed by atoms with E-state index in [0.717, 1.165) is 18.3 Å². The van der Waals surface area contributed by atoms with E-state index in [0.29, 0.717) is 25.2 Å². The normalized spacial score (nSPS) is 11.4. The quantitative estimate of drug-likeness (QED) is 0.194. The highest BCUT2D eigenvalue weighted by Gasteiger charge is 2.01. The van der Waals surface area contributed by atoms with Crippen LogP contribution in [0.2, 0.25) is 0 Å². The van der Waals surface area contributed by atoms with Crippen LogP contribution < -0.4 is 5.48 Å². The van der Waals surface area contributed by atoms with Crippen molar-refractivity contribution in [2.24, 2.45) is 0 Å². The Hall–Kier alpha value is -0.670. The van der Waals surface area contributed by atoms with Gasteiger partial charge in [-0.2, -0.15) is 0 Å². The zero-order chi connectivity index (χ0) is 17.7. The number of allylic oxidation sites excluding steroid dienone is 2. The fraction of sp³-hybridized carbons (Fsp3) is 0.857. The number of carbonyl (C=O) groups is 1. The van der Waals surface area contributed by atoms with Crippen LogP contribution in [0.3, 0.4) is 0 Å². The number of hydroxylamine groups is 1. The minimum atomic E-state index is 0.328. The molecule has 0 aromatic heterocycles. The van der Waals surface area contributed by atoms with E-state index in [9.17, 15) is 10.0 Å². The van der Waals surface area contributed by atoms with Gasteiger partial charge in [0.1, 0.15) is 5.78 Å².